The molecule has 0 aliphatic heterocycles. The Morgan fingerprint density at radius 3 is 2.60 bits per heavy atom. The Kier molecular flexibility index (Phi) is 3.32. The van der Waals surface area contributed by atoms with Gasteiger partial charge in [0, 0.05) is 5.56 Å². The lowest BCUT2D eigenvalue weighted by atomic mass is 10.0. The van der Waals surface area contributed by atoms with Gasteiger partial charge in [0.2, 0.25) is 5.78 Å². The maximum Gasteiger partial charge on any atom is 0.206 e. The van der Waals surface area contributed by atoms with Crippen LogP contribution in [0.3, 0.4) is 0 Å². The van der Waals surface area contributed by atoms with Crippen LogP contribution in [0.2, 0.25) is 0 Å². The van der Waals surface area contributed by atoms with Gasteiger partial charge >= 0.3 is 0 Å². The Morgan fingerprint density at radius 1 is 1.10 bits per heavy atom. The van der Waals surface area contributed by atoms with Crippen LogP contribution in [0, 0.1) is 0 Å². The van der Waals surface area contributed by atoms with E-state index >= 15 is 0 Å². The molecule has 20 heavy (non-hydrogen) atoms. The smallest absolute Gasteiger partial charge is 0.206 e. The summed E-state index contributed by atoms with van der Waals surface area (Å²) in [4.78, 5) is 13.3. The van der Waals surface area contributed by atoms with Crippen LogP contribution in [-0.2, 0) is 0 Å². The summed E-state index contributed by atoms with van der Waals surface area (Å²) in [6.07, 6.45) is 0. The van der Waals surface area contributed by atoms with Gasteiger partial charge in [-0.05, 0) is 34.3 Å². The number of hydrogen-bond acceptors (Lipinski definition) is 4. The molecule has 0 aliphatic rings. The van der Waals surface area contributed by atoms with E-state index in [4.69, 9.17) is 0 Å². The summed E-state index contributed by atoms with van der Waals surface area (Å²) in [6, 6.07) is 13.8. The maximum absolute atomic E-state index is 12.6. The van der Waals surface area contributed by atoms with Gasteiger partial charge in [0.25, 0.3) is 0 Å². The van der Waals surface area contributed by atoms with E-state index in [9.17, 15) is 4.79 Å². The predicted octanol–water partition coefficient (Wildman–Crippen LogP) is 4.05. The Bertz CT molecular complexity index is 777. The second-order valence-corrected chi connectivity index (χ2v) is 5.79. The van der Waals surface area contributed by atoms with Gasteiger partial charge in [0.05, 0.1) is 5.69 Å². The summed E-state index contributed by atoms with van der Waals surface area (Å²) in [5.41, 5.74) is 1.48. The molecular weight excluding hydrogens is 268 g/mol. The lowest BCUT2D eigenvalue weighted by Crippen LogP contribution is -2.04. The highest BCUT2D eigenvalue weighted by atomic mass is 32.1. The normalized spacial score (nSPS) is 11.2. The fraction of sp³-hybridized carbons (Fsp3) is 0.188. The highest BCUT2D eigenvalue weighted by Gasteiger charge is 2.20. The lowest BCUT2D eigenvalue weighted by molar-refractivity contribution is 0.104. The zero-order valence-electron chi connectivity index (χ0n) is 11.3. The van der Waals surface area contributed by atoms with Gasteiger partial charge < -0.3 is 0 Å². The highest BCUT2D eigenvalue weighted by molar-refractivity contribution is 7.08. The molecule has 0 spiro atoms. The third-order valence-corrected chi connectivity index (χ3v) is 4.02. The third kappa shape index (κ3) is 2.23. The van der Waals surface area contributed by atoms with Crippen LogP contribution >= 0.6 is 11.5 Å². The van der Waals surface area contributed by atoms with E-state index in [0.717, 1.165) is 16.5 Å². The first-order valence-electron chi connectivity index (χ1n) is 6.52. The fourth-order valence-corrected chi connectivity index (χ4v) is 2.98. The van der Waals surface area contributed by atoms with Crippen molar-refractivity contribution in [3.63, 3.8) is 0 Å². The standard InChI is InChI=1S/C16H14N2OS/c1-10(2)14-16(20-18-17-14)15(19)13-8-7-11-5-3-4-6-12(11)9-13/h3-10H,1-2H3. The van der Waals surface area contributed by atoms with Crippen molar-refractivity contribution in [2.75, 3.05) is 0 Å². The molecule has 0 aliphatic carbocycles. The Labute approximate surface area is 121 Å². The molecule has 0 atom stereocenters. The van der Waals surface area contributed by atoms with Crippen LogP contribution in [0.4, 0.5) is 0 Å². The molecule has 0 saturated carbocycles. The molecular formula is C16H14N2OS. The first-order chi connectivity index (χ1) is 9.66. The van der Waals surface area contributed by atoms with E-state index in [1.165, 1.54) is 11.5 Å². The number of nitrogens with zero attached hydrogens (tertiary/aromatic N) is 2. The van der Waals surface area contributed by atoms with Crippen molar-refractivity contribution in [2.24, 2.45) is 0 Å². The maximum atomic E-state index is 12.6. The van der Waals surface area contributed by atoms with Crippen molar-refractivity contribution >= 4 is 28.1 Å². The lowest BCUT2D eigenvalue weighted by Gasteiger charge is -2.04. The summed E-state index contributed by atoms with van der Waals surface area (Å²) < 4.78 is 3.92. The molecule has 2 aromatic carbocycles. The molecule has 3 rings (SSSR count). The van der Waals surface area contributed by atoms with Crippen molar-refractivity contribution < 1.29 is 4.79 Å². The summed E-state index contributed by atoms with van der Waals surface area (Å²) in [5.74, 6) is 0.211. The molecule has 0 radical (unpaired) electrons. The predicted molar refractivity (Wildman–Crippen MR) is 81.4 cm³/mol. The van der Waals surface area contributed by atoms with Gasteiger partial charge in [0.1, 0.15) is 4.88 Å². The van der Waals surface area contributed by atoms with Crippen molar-refractivity contribution in [3.8, 4) is 0 Å². The summed E-state index contributed by atoms with van der Waals surface area (Å²) in [5, 5.41) is 6.28. The van der Waals surface area contributed by atoms with Crippen LogP contribution in [0.1, 0.15) is 40.7 Å². The minimum absolute atomic E-state index is 0.00875. The van der Waals surface area contributed by atoms with Crippen LogP contribution in [0.25, 0.3) is 10.8 Å². The zero-order chi connectivity index (χ0) is 14.1. The summed E-state index contributed by atoms with van der Waals surface area (Å²) >= 11 is 1.18. The molecule has 1 heterocycles. The first-order valence-corrected chi connectivity index (χ1v) is 7.30. The van der Waals surface area contributed by atoms with Gasteiger partial charge in [-0.1, -0.05) is 54.7 Å². The number of rotatable bonds is 3. The quantitative estimate of drug-likeness (QED) is 0.681. The van der Waals surface area contributed by atoms with Crippen molar-refractivity contribution in [3.05, 3.63) is 58.6 Å². The number of fused-ring (bicyclic) bond motifs is 1. The highest BCUT2D eigenvalue weighted by Crippen LogP contribution is 2.24. The van der Waals surface area contributed by atoms with E-state index in [1.54, 1.807) is 0 Å². The van der Waals surface area contributed by atoms with Gasteiger partial charge in [-0.15, -0.1) is 5.10 Å². The number of hydrogen-bond donors (Lipinski definition) is 0. The number of ketones is 1. The van der Waals surface area contributed by atoms with Crippen molar-refractivity contribution in [2.45, 2.75) is 19.8 Å². The van der Waals surface area contributed by atoms with Crippen LogP contribution in [-0.4, -0.2) is 15.4 Å². The number of carbonyl (C=O) groups is 1. The second kappa shape index (κ2) is 5.13. The molecule has 4 heteroatoms. The SMILES string of the molecule is CC(C)c1nnsc1C(=O)c1ccc2ccccc2c1. The Hall–Kier alpha value is -2.07. The Morgan fingerprint density at radius 2 is 1.85 bits per heavy atom. The molecule has 0 amide bonds. The van der Waals surface area contributed by atoms with E-state index in [-0.39, 0.29) is 11.7 Å². The number of aromatic nitrogens is 2. The molecule has 1 aromatic heterocycles. The van der Waals surface area contributed by atoms with Crippen molar-refractivity contribution in [1.82, 2.24) is 9.59 Å². The minimum Gasteiger partial charge on any atom is -0.288 e. The average molecular weight is 282 g/mol. The van der Waals surface area contributed by atoms with Crippen LogP contribution in [0.5, 0.6) is 0 Å². The van der Waals surface area contributed by atoms with E-state index in [2.05, 4.69) is 9.59 Å². The largest absolute Gasteiger partial charge is 0.288 e. The van der Waals surface area contributed by atoms with Gasteiger partial charge in [-0.25, -0.2) is 0 Å². The van der Waals surface area contributed by atoms with Gasteiger partial charge in [-0.2, -0.15) is 0 Å². The third-order valence-electron chi connectivity index (χ3n) is 3.28. The molecule has 0 fully saturated rings. The topological polar surface area (TPSA) is 42.9 Å². The average Bonchev–Trinajstić information content (AvgIpc) is 2.95. The Balaban J connectivity index is 2.06. The molecule has 0 bridgehead atoms. The number of benzene rings is 2. The van der Waals surface area contributed by atoms with Crippen LogP contribution in [0.15, 0.2) is 42.5 Å². The molecule has 3 aromatic rings. The van der Waals surface area contributed by atoms with Crippen LogP contribution < -0.4 is 0 Å². The monoisotopic (exact) mass is 282 g/mol. The minimum atomic E-state index is 0.00875. The second-order valence-electron chi connectivity index (χ2n) is 5.03. The molecule has 3 nitrogen and oxygen atoms in total. The molecule has 0 N–H and O–H groups in total. The fourth-order valence-electron chi connectivity index (χ4n) is 2.19. The van der Waals surface area contributed by atoms with Gasteiger partial charge in [0.15, 0.2) is 0 Å². The van der Waals surface area contributed by atoms with Crippen molar-refractivity contribution in [1.29, 1.82) is 0 Å². The molecule has 0 unspecified atom stereocenters. The van der Waals surface area contributed by atoms with E-state index in [1.807, 2.05) is 56.3 Å². The van der Waals surface area contributed by atoms with Gasteiger partial charge in [-0.3, -0.25) is 4.79 Å². The van der Waals surface area contributed by atoms with E-state index in [0.29, 0.717) is 10.4 Å². The molecule has 100 valence electrons. The molecule has 0 saturated heterocycles. The summed E-state index contributed by atoms with van der Waals surface area (Å²) in [6.45, 7) is 4.04. The number of carbonyl (C=O) groups excluding carboxylic acids is 1. The summed E-state index contributed by atoms with van der Waals surface area (Å²) in [7, 11) is 0. The van der Waals surface area contributed by atoms with E-state index < -0.39 is 0 Å². The first kappa shape index (κ1) is 12.9. The zero-order valence-corrected chi connectivity index (χ0v) is 12.1.